The standard InChI is InChI=1S/C30H58N10O12/c31-4-9-44-13-17-49-22-24-52-26-29(42)38-27(30(43)35-6-10-45-14-18-48-19-15-46-11-7-36-39-32)3-1-2-5-34-28(41)25-51-23-21-50-20-16-47-12-8-37-40-33/h27H,1-26,31H2,(H,34,41)(H,35,43)(H,38,42)/t27-/m0/s1. The quantitative estimate of drug-likeness (QED) is 0.0269. The molecule has 0 radical (unpaired) electrons. The molecule has 0 aliphatic heterocycles. The Bertz CT molecular complexity index is 975. The van der Waals surface area contributed by atoms with Gasteiger partial charge in [-0.05, 0) is 30.3 Å². The topological polar surface area (TPSA) is 294 Å². The number of nitrogens with two attached hydrogens (primary N) is 1. The number of nitrogens with zero attached hydrogens (tertiary/aromatic N) is 6. The molecule has 22 nitrogen and oxygen atoms in total. The minimum Gasteiger partial charge on any atom is -0.379 e. The molecule has 0 aromatic carbocycles. The van der Waals surface area contributed by atoms with E-state index in [0.717, 1.165) is 0 Å². The van der Waals surface area contributed by atoms with Crippen molar-refractivity contribution in [3.05, 3.63) is 20.9 Å². The molecule has 0 aliphatic rings. The number of azide groups is 2. The molecule has 0 aromatic heterocycles. The number of unbranched alkanes of at least 4 members (excludes halogenated alkanes) is 1. The van der Waals surface area contributed by atoms with Crippen molar-refractivity contribution in [2.24, 2.45) is 16.0 Å². The Balaban J connectivity index is 4.30. The number of carbonyl (C=O) groups is 3. The Kier molecular flexibility index (Phi) is 37.8. The van der Waals surface area contributed by atoms with Crippen LogP contribution >= 0.6 is 0 Å². The molecule has 0 saturated carbocycles. The third kappa shape index (κ3) is 36.4. The minimum atomic E-state index is -0.815. The third-order valence-electron chi connectivity index (χ3n) is 6.20. The maximum absolute atomic E-state index is 12.9. The average molecular weight is 751 g/mol. The molecule has 0 rings (SSSR count). The SMILES string of the molecule is [N-]=[N+]=NCCOCCOCCOCCNC(=O)[C@H](CCCCNC(=O)COCCOCCOCCN=[N+]=[N-])NC(=O)COCCOCCOCCN. The molecule has 0 saturated heterocycles. The van der Waals surface area contributed by atoms with Crippen molar-refractivity contribution in [1.82, 2.24) is 16.0 Å². The minimum absolute atomic E-state index is 0.122. The second-order valence-electron chi connectivity index (χ2n) is 10.3. The normalized spacial score (nSPS) is 11.3. The van der Waals surface area contributed by atoms with Crippen LogP contribution in [0.3, 0.4) is 0 Å². The first-order valence-corrected chi connectivity index (χ1v) is 17.3. The lowest BCUT2D eigenvalue weighted by atomic mass is 10.1. The first-order chi connectivity index (χ1) is 25.5. The zero-order chi connectivity index (χ0) is 38.0. The number of ether oxygens (including phenoxy) is 9. The summed E-state index contributed by atoms with van der Waals surface area (Å²) < 4.78 is 47.9. The summed E-state index contributed by atoms with van der Waals surface area (Å²) in [6.45, 7) is 6.45. The van der Waals surface area contributed by atoms with Gasteiger partial charge in [0.2, 0.25) is 17.7 Å². The van der Waals surface area contributed by atoms with Crippen LogP contribution in [0.2, 0.25) is 0 Å². The smallest absolute Gasteiger partial charge is 0.246 e. The molecule has 0 unspecified atom stereocenters. The van der Waals surface area contributed by atoms with Crippen LogP contribution in [0, 0.1) is 0 Å². The van der Waals surface area contributed by atoms with Gasteiger partial charge < -0.3 is 64.3 Å². The van der Waals surface area contributed by atoms with Crippen molar-refractivity contribution in [2.75, 3.05) is 152 Å². The summed E-state index contributed by atoms with van der Waals surface area (Å²) in [5.74, 6) is -1.10. The van der Waals surface area contributed by atoms with Gasteiger partial charge in [0.15, 0.2) is 0 Å². The number of amides is 3. The van der Waals surface area contributed by atoms with Crippen molar-refractivity contribution < 1.29 is 57.0 Å². The van der Waals surface area contributed by atoms with E-state index >= 15 is 0 Å². The molecule has 5 N–H and O–H groups in total. The summed E-state index contributed by atoms with van der Waals surface area (Å²) in [6.07, 6.45) is 1.45. The summed E-state index contributed by atoms with van der Waals surface area (Å²) in [7, 11) is 0. The Morgan fingerprint density at radius 2 is 0.981 bits per heavy atom. The molecular weight excluding hydrogens is 692 g/mol. The Morgan fingerprint density at radius 1 is 0.538 bits per heavy atom. The van der Waals surface area contributed by atoms with Crippen LogP contribution < -0.4 is 21.7 Å². The Morgan fingerprint density at radius 3 is 1.48 bits per heavy atom. The molecule has 0 aliphatic carbocycles. The molecule has 22 heteroatoms. The highest BCUT2D eigenvalue weighted by Crippen LogP contribution is 2.02. The van der Waals surface area contributed by atoms with E-state index in [1.165, 1.54) is 0 Å². The fraction of sp³-hybridized carbons (Fsp3) is 0.900. The van der Waals surface area contributed by atoms with E-state index < -0.39 is 11.9 Å². The predicted molar refractivity (Wildman–Crippen MR) is 186 cm³/mol. The van der Waals surface area contributed by atoms with Crippen LogP contribution in [0.25, 0.3) is 20.9 Å². The number of hydrogen-bond donors (Lipinski definition) is 4. The molecule has 52 heavy (non-hydrogen) atoms. The zero-order valence-corrected chi connectivity index (χ0v) is 30.1. The van der Waals surface area contributed by atoms with Gasteiger partial charge >= 0.3 is 0 Å². The van der Waals surface area contributed by atoms with E-state index in [4.69, 9.17) is 59.4 Å². The molecular formula is C30H58N10O12. The molecule has 0 fully saturated rings. The first-order valence-electron chi connectivity index (χ1n) is 17.3. The van der Waals surface area contributed by atoms with Gasteiger partial charge in [0.1, 0.15) is 19.3 Å². The largest absolute Gasteiger partial charge is 0.379 e. The van der Waals surface area contributed by atoms with Gasteiger partial charge in [-0.25, -0.2) is 0 Å². The van der Waals surface area contributed by atoms with Gasteiger partial charge in [0, 0.05) is 42.5 Å². The monoisotopic (exact) mass is 750 g/mol. The summed E-state index contributed by atoms with van der Waals surface area (Å²) in [5, 5.41) is 15.0. The molecule has 0 aromatic rings. The second kappa shape index (κ2) is 40.4. The van der Waals surface area contributed by atoms with Crippen LogP contribution in [0.15, 0.2) is 10.2 Å². The van der Waals surface area contributed by atoms with Crippen LogP contribution in [-0.2, 0) is 57.0 Å². The van der Waals surface area contributed by atoms with Gasteiger partial charge in [0.25, 0.3) is 0 Å². The highest BCUT2D eigenvalue weighted by Gasteiger charge is 2.20. The maximum atomic E-state index is 12.9. The van der Waals surface area contributed by atoms with E-state index in [9.17, 15) is 14.4 Å². The second-order valence-corrected chi connectivity index (χ2v) is 10.3. The summed E-state index contributed by atoms with van der Waals surface area (Å²) in [4.78, 5) is 42.8. The number of nitrogens with one attached hydrogen (secondary N) is 3. The van der Waals surface area contributed by atoms with Crippen molar-refractivity contribution in [3.8, 4) is 0 Å². The molecule has 3 amide bonds. The van der Waals surface area contributed by atoms with Crippen LogP contribution in [-0.4, -0.2) is 175 Å². The highest BCUT2D eigenvalue weighted by molar-refractivity contribution is 5.88. The molecule has 0 spiro atoms. The Labute approximate surface area is 304 Å². The van der Waals surface area contributed by atoms with Crippen molar-refractivity contribution in [1.29, 1.82) is 0 Å². The van der Waals surface area contributed by atoms with Gasteiger partial charge in [-0.3, -0.25) is 14.4 Å². The van der Waals surface area contributed by atoms with E-state index in [1.807, 2.05) is 0 Å². The lowest BCUT2D eigenvalue weighted by molar-refractivity contribution is -0.132. The zero-order valence-electron chi connectivity index (χ0n) is 30.1. The van der Waals surface area contributed by atoms with E-state index in [2.05, 4.69) is 36.0 Å². The Hall–Kier alpha value is -3.37. The molecule has 1 atom stereocenters. The fourth-order valence-corrected chi connectivity index (χ4v) is 3.76. The lowest BCUT2D eigenvalue weighted by Gasteiger charge is -2.19. The summed E-state index contributed by atoms with van der Waals surface area (Å²) in [5.41, 5.74) is 21.7. The van der Waals surface area contributed by atoms with Gasteiger partial charge in [-0.1, -0.05) is 10.2 Å². The van der Waals surface area contributed by atoms with E-state index in [1.54, 1.807) is 0 Å². The number of hydrogen-bond acceptors (Lipinski definition) is 15. The highest BCUT2D eigenvalue weighted by atomic mass is 16.6. The van der Waals surface area contributed by atoms with Crippen LogP contribution in [0.4, 0.5) is 0 Å². The van der Waals surface area contributed by atoms with Crippen LogP contribution in [0.5, 0.6) is 0 Å². The fourth-order valence-electron chi connectivity index (χ4n) is 3.76. The maximum Gasteiger partial charge on any atom is 0.246 e. The number of carbonyl (C=O) groups excluding carboxylic acids is 3. The van der Waals surface area contributed by atoms with Crippen LogP contribution in [0.1, 0.15) is 19.3 Å². The van der Waals surface area contributed by atoms with Crippen molar-refractivity contribution in [2.45, 2.75) is 25.3 Å². The summed E-state index contributed by atoms with van der Waals surface area (Å²) >= 11 is 0. The summed E-state index contributed by atoms with van der Waals surface area (Å²) in [6, 6.07) is -0.815. The molecule has 0 bridgehead atoms. The predicted octanol–water partition coefficient (Wildman–Crippen LogP) is -0.397. The van der Waals surface area contributed by atoms with Gasteiger partial charge in [0.05, 0.1) is 106 Å². The van der Waals surface area contributed by atoms with Gasteiger partial charge in [-0.15, -0.1) is 0 Å². The van der Waals surface area contributed by atoms with E-state index in [0.29, 0.717) is 112 Å². The van der Waals surface area contributed by atoms with Gasteiger partial charge in [-0.2, -0.15) is 0 Å². The first kappa shape index (κ1) is 48.6. The van der Waals surface area contributed by atoms with Crippen molar-refractivity contribution >= 4 is 17.7 Å². The average Bonchev–Trinajstić information content (AvgIpc) is 3.14. The molecule has 0 heterocycles. The third-order valence-corrected chi connectivity index (χ3v) is 6.20. The van der Waals surface area contributed by atoms with Crippen molar-refractivity contribution in [3.63, 3.8) is 0 Å². The number of rotatable bonds is 40. The van der Waals surface area contributed by atoms with E-state index in [-0.39, 0.29) is 71.1 Å². The molecule has 300 valence electrons. The lowest BCUT2D eigenvalue weighted by Crippen LogP contribution is -2.48.